The molecule has 0 spiro atoms. The summed E-state index contributed by atoms with van der Waals surface area (Å²) in [6, 6.07) is 1.93. The van der Waals surface area contributed by atoms with Gasteiger partial charge in [-0.1, -0.05) is 31.9 Å². The van der Waals surface area contributed by atoms with E-state index in [9.17, 15) is 0 Å². The van der Waals surface area contributed by atoms with Crippen molar-refractivity contribution in [2.24, 2.45) is 5.92 Å². The summed E-state index contributed by atoms with van der Waals surface area (Å²) in [5, 5.41) is 4.67. The molecule has 0 amide bonds. The third-order valence-electron chi connectivity index (χ3n) is 4.24. The van der Waals surface area contributed by atoms with Crippen molar-refractivity contribution >= 4 is 23.1 Å². The molecule has 1 fully saturated rings. The van der Waals surface area contributed by atoms with Crippen LogP contribution < -0.4 is 5.73 Å². The zero-order valence-corrected chi connectivity index (χ0v) is 11.4. The van der Waals surface area contributed by atoms with Crippen LogP contribution in [0.4, 0.5) is 5.82 Å². The Kier molecular flexibility index (Phi) is 2.52. The molecule has 0 atom stereocenters. The SMILES string of the molecule is CC(C)(c1cc(N)n2ncc(Cl)c2n1)C1CCC1. The monoisotopic (exact) mass is 264 g/mol. The van der Waals surface area contributed by atoms with Gasteiger partial charge in [-0.3, -0.25) is 0 Å². The zero-order valence-electron chi connectivity index (χ0n) is 10.7. The minimum absolute atomic E-state index is 0.0434. The first-order valence-corrected chi connectivity index (χ1v) is 6.68. The Labute approximate surface area is 111 Å². The van der Waals surface area contributed by atoms with Gasteiger partial charge in [0.1, 0.15) is 10.8 Å². The maximum atomic E-state index is 6.09. The van der Waals surface area contributed by atoms with Crippen LogP contribution in [0.2, 0.25) is 5.02 Å². The molecule has 5 heteroatoms. The minimum atomic E-state index is 0.0434. The van der Waals surface area contributed by atoms with E-state index in [-0.39, 0.29) is 5.41 Å². The number of hydrogen-bond acceptors (Lipinski definition) is 3. The highest BCUT2D eigenvalue weighted by Gasteiger charge is 2.37. The van der Waals surface area contributed by atoms with Crippen molar-refractivity contribution in [2.75, 3.05) is 5.73 Å². The molecule has 0 aromatic carbocycles. The molecular weight excluding hydrogens is 248 g/mol. The van der Waals surface area contributed by atoms with Crippen molar-refractivity contribution in [3.05, 3.63) is 23.0 Å². The van der Waals surface area contributed by atoms with Gasteiger partial charge in [0.15, 0.2) is 5.65 Å². The second kappa shape index (κ2) is 3.85. The van der Waals surface area contributed by atoms with Gasteiger partial charge in [-0.15, -0.1) is 0 Å². The van der Waals surface area contributed by atoms with Gasteiger partial charge in [0.25, 0.3) is 0 Å². The summed E-state index contributed by atoms with van der Waals surface area (Å²) >= 11 is 6.09. The lowest BCUT2D eigenvalue weighted by atomic mass is 9.66. The van der Waals surface area contributed by atoms with E-state index in [2.05, 4.69) is 23.9 Å². The van der Waals surface area contributed by atoms with Gasteiger partial charge in [-0.05, 0) is 18.8 Å². The van der Waals surface area contributed by atoms with Crippen molar-refractivity contribution in [3.63, 3.8) is 0 Å². The van der Waals surface area contributed by atoms with Gasteiger partial charge in [-0.25, -0.2) is 4.98 Å². The first-order valence-electron chi connectivity index (χ1n) is 6.30. The Morgan fingerprint density at radius 2 is 2.17 bits per heavy atom. The summed E-state index contributed by atoms with van der Waals surface area (Å²) in [5.74, 6) is 1.28. The lowest BCUT2D eigenvalue weighted by molar-refractivity contribution is 0.190. The normalized spacial score (nSPS) is 17.1. The molecule has 0 radical (unpaired) electrons. The highest BCUT2D eigenvalue weighted by molar-refractivity contribution is 6.33. The van der Waals surface area contributed by atoms with Gasteiger partial charge in [0, 0.05) is 11.5 Å². The van der Waals surface area contributed by atoms with Crippen LogP contribution in [-0.4, -0.2) is 14.6 Å². The second-order valence-corrected chi connectivity index (χ2v) is 6.05. The molecule has 0 unspecified atom stereocenters. The third kappa shape index (κ3) is 1.59. The van der Waals surface area contributed by atoms with Crippen LogP contribution in [-0.2, 0) is 5.41 Å². The first kappa shape index (κ1) is 11.8. The van der Waals surface area contributed by atoms with E-state index in [0.717, 1.165) is 5.69 Å². The average molecular weight is 265 g/mol. The molecule has 1 aliphatic carbocycles. The second-order valence-electron chi connectivity index (χ2n) is 5.64. The van der Waals surface area contributed by atoms with Crippen LogP contribution in [0.3, 0.4) is 0 Å². The number of fused-ring (bicyclic) bond motifs is 1. The summed E-state index contributed by atoms with van der Waals surface area (Å²) in [4.78, 5) is 4.66. The standard InChI is InChI=1S/C13H17ClN4/c1-13(2,8-4-3-5-8)10-6-11(15)18-12(17-10)9(14)7-16-18/h6-8H,3-5,15H2,1-2H3. The number of nitrogen functional groups attached to an aromatic ring is 1. The van der Waals surface area contributed by atoms with Crippen LogP contribution >= 0.6 is 11.6 Å². The van der Waals surface area contributed by atoms with E-state index in [1.807, 2.05) is 6.07 Å². The molecule has 0 aliphatic heterocycles. The average Bonchev–Trinajstić information content (AvgIpc) is 2.58. The number of anilines is 1. The van der Waals surface area contributed by atoms with Crippen LogP contribution in [0.1, 0.15) is 38.8 Å². The number of rotatable bonds is 2. The van der Waals surface area contributed by atoms with E-state index in [0.29, 0.717) is 22.4 Å². The maximum Gasteiger partial charge on any atom is 0.176 e. The van der Waals surface area contributed by atoms with Gasteiger partial charge in [0.05, 0.1) is 11.9 Å². The van der Waals surface area contributed by atoms with Gasteiger partial charge in [-0.2, -0.15) is 9.61 Å². The Balaban J connectivity index is 2.14. The van der Waals surface area contributed by atoms with Gasteiger partial charge < -0.3 is 5.73 Å². The molecule has 2 aromatic heterocycles. The van der Waals surface area contributed by atoms with Gasteiger partial charge in [0.2, 0.25) is 0 Å². The van der Waals surface area contributed by atoms with Crippen molar-refractivity contribution in [1.29, 1.82) is 0 Å². The molecule has 18 heavy (non-hydrogen) atoms. The topological polar surface area (TPSA) is 56.2 Å². The molecule has 2 aromatic rings. The van der Waals surface area contributed by atoms with Gasteiger partial charge >= 0.3 is 0 Å². The fourth-order valence-electron chi connectivity index (χ4n) is 2.63. The van der Waals surface area contributed by atoms with E-state index in [4.69, 9.17) is 17.3 Å². The number of nitrogens with two attached hydrogens (primary N) is 1. The van der Waals surface area contributed by atoms with Crippen LogP contribution in [0.5, 0.6) is 0 Å². The fourth-order valence-corrected chi connectivity index (χ4v) is 2.79. The number of nitrogens with zero attached hydrogens (tertiary/aromatic N) is 3. The predicted octanol–water partition coefficient (Wildman–Crippen LogP) is 3.04. The van der Waals surface area contributed by atoms with E-state index in [1.165, 1.54) is 19.3 Å². The number of hydrogen-bond donors (Lipinski definition) is 1. The molecule has 4 nitrogen and oxygen atoms in total. The molecule has 0 bridgehead atoms. The Morgan fingerprint density at radius 3 is 2.78 bits per heavy atom. The molecule has 3 rings (SSSR count). The summed E-state index contributed by atoms with van der Waals surface area (Å²) in [6.45, 7) is 4.47. The molecular formula is C13H17ClN4. The highest BCUT2D eigenvalue weighted by Crippen LogP contribution is 2.43. The lowest BCUT2D eigenvalue weighted by Crippen LogP contribution is -2.34. The predicted molar refractivity (Wildman–Crippen MR) is 72.8 cm³/mol. The van der Waals surface area contributed by atoms with Crippen molar-refractivity contribution < 1.29 is 0 Å². The largest absolute Gasteiger partial charge is 0.384 e. The summed E-state index contributed by atoms with van der Waals surface area (Å²) in [5.41, 5.74) is 7.74. The molecule has 96 valence electrons. The van der Waals surface area contributed by atoms with Crippen molar-refractivity contribution in [1.82, 2.24) is 14.6 Å². The molecule has 2 N–H and O–H groups in total. The van der Waals surface area contributed by atoms with Crippen LogP contribution in [0.15, 0.2) is 12.3 Å². The quantitative estimate of drug-likeness (QED) is 0.907. The van der Waals surface area contributed by atoms with Crippen LogP contribution in [0.25, 0.3) is 5.65 Å². The molecule has 1 aliphatic rings. The number of aromatic nitrogens is 3. The van der Waals surface area contributed by atoms with Crippen molar-refractivity contribution in [2.45, 2.75) is 38.5 Å². The highest BCUT2D eigenvalue weighted by atomic mass is 35.5. The third-order valence-corrected chi connectivity index (χ3v) is 4.51. The Hall–Kier alpha value is -1.29. The van der Waals surface area contributed by atoms with Crippen molar-refractivity contribution in [3.8, 4) is 0 Å². The fraction of sp³-hybridized carbons (Fsp3) is 0.538. The van der Waals surface area contributed by atoms with Crippen LogP contribution in [0, 0.1) is 5.92 Å². The summed E-state index contributed by atoms with van der Waals surface area (Å²) in [7, 11) is 0. The zero-order chi connectivity index (χ0) is 12.9. The smallest absolute Gasteiger partial charge is 0.176 e. The van der Waals surface area contributed by atoms with E-state index >= 15 is 0 Å². The van der Waals surface area contributed by atoms with E-state index in [1.54, 1.807) is 10.7 Å². The Morgan fingerprint density at radius 1 is 1.44 bits per heavy atom. The molecule has 2 heterocycles. The summed E-state index contributed by atoms with van der Waals surface area (Å²) < 4.78 is 1.59. The summed E-state index contributed by atoms with van der Waals surface area (Å²) in [6.07, 6.45) is 5.44. The first-order chi connectivity index (χ1) is 8.50. The lowest BCUT2D eigenvalue weighted by Gasteiger charge is -2.40. The maximum absolute atomic E-state index is 6.09. The number of halogens is 1. The Bertz CT molecular complexity index is 598. The minimum Gasteiger partial charge on any atom is -0.384 e. The molecule has 1 saturated carbocycles. The molecule has 0 saturated heterocycles. The van der Waals surface area contributed by atoms with E-state index < -0.39 is 0 Å².